The van der Waals surface area contributed by atoms with Crippen molar-refractivity contribution in [2.75, 3.05) is 26.2 Å². The number of amides is 2. The fourth-order valence-corrected chi connectivity index (χ4v) is 3.42. The summed E-state index contributed by atoms with van der Waals surface area (Å²) >= 11 is 0. The Morgan fingerprint density at radius 1 is 1.08 bits per heavy atom. The van der Waals surface area contributed by atoms with Gasteiger partial charge in [0.1, 0.15) is 0 Å². The third-order valence-corrected chi connectivity index (χ3v) is 5.09. The Hall–Kier alpha value is -2.11. The van der Waals surface area contributed by atoms with Crippen molar-refractivity contribution >= 4 is 11.8 Å². The molecule has 2 fully saturated rings. The van der Waals surface area contributed by atoms with Gasteiger partial charge in [0, 0.05) is 37.7 Å². The maximum absolute atomic E-state index is 14.2. The van der Waals surface area contributed by atoms with E-state index in [0.29, 0.717) is 31.7 Å². The maximum Gasteiger partial charge on any atom is 0.254 e. The first-order valence-electron chi connectivity index (χ1n) is 9.50. The van der Waals surface area contributed by atoms with Crippen LogP contribution in [0.1, 0.15) is 49.9 Å². The summed E-state index contributed by atoms with van der Waals surface area (Å²) in [6.45, 7) is 5.97. The highest BCUT2D eigenvalue weighted by Gasteiger charge is 2.31. The Morgan fingerprint density at radius 2 is 1.77 bits per heavy atom. The standard InChI is InChI=1S/C20H27FN2O3/c1-14(2)26-18-8-7-16(13-17(18)21)20(25)23-10-4-9-22(11-12-23)19(24)15-5-3-6-15/h7-8,13-15H,3-6,9-12H2,1-2H3. The number of hydrogen-bond donors (Lipinski definition) is 0. The van der Waals surface area contributed by atoms with Crippen LogP contribution in [-0.4, -0.2) is 53.9 Å². The Bertz CT molecular complexity index is 673. The molecule has 1 aromatic rings. The molecule has 0 radical (unpaired) electrons. The second kappa shape index (κ2) is 8.06. The molecule has 26 heavy (non-hydrogen) atoms. The van der Waals surface area contributed by atoms with E-state index in [1.165, 1.54) is 12.1 Å². The highest BCUT2D eigenvalue weighted by atomic mass is 19.1. The van der Waals surface area contributed by atoms with Crippen molar-refractivity contribution in [3.63, 3.8) is 0 Å². The molecule has 0 atom stereocenters. The largest absolute Gasteiger partial charge is 0.488 e. The molecule has 3 rings (SSSR count). The van der Waals surface area contributed by atoms with E-state index in [-0.39, 0.29) is 29.6 Å². The average molecular weight is 362 g/mol. The van der Waals surface area contributed by atoms with Crippen molar-refractivity contribution < 1.29 is 18.7 Å². The summed E-state index contributed by atoms with van der Waals surface area (Å²) in [7, 11) is 0. The fourth-order valence-electron chi connectivity index (χ4n) is 3.42. The van der Waals surface area contributed by atoms with Crippen LogP contribution in [0.3, 0.4) is 0 Å². The number of nitrogens with zero attached hydrogens (tertiary/aromatic N) is 2. The van der Waals surface area contributed by atoms with E-state index in [1.807, 2.05) is 18.7 Å². The lowest BCUT2D eigenvalue weighted by atomic mass is 9.84. The lowest BCUT2D eigenvalue weighted by molar-refractivity contribution is -0.138. The highest BCUT2D eigenvalue weighted by molar-refractivity contribution is 5.94. The Kier molecular flexibility index (Phi) is 5.79. The van der Waals surface area contributed by atoms with E-state index < -0.39 is 5.82 Å². The lowest BCUT2D eigenvalue weighted by Crippen LogP contribution is -2.41. The van der Waals surface area contributed by atoms with Gasteiger partial charge in [0.15, 0.2) is 11.6 Å². The van der Waals surface area contributed by atoms with Gasteiger partial charge in [-0.1, -0.05) is 6.42 Å². The second-order valence-corrected chi connectivity index (χ2v) is 7.41. The number of carbonyl (C=O) groups is 2. The molecule has 0 N–H and O–H groups in total. The van der Waals surface area contributed by atoms with Crippen LogP contribution in [0, 0.1) is 11.7 Å². The highest BCUT2D eigenvalue weighted by Crippen LogP contribution is 2.28. The molecule has 0 unspecified atom stereocenters. The van der Waals surface area contributed by atoms with Crippen LogP contribution in [0.4, 0.5) is 4.39 Å². The van der Waals surface area contributed by atoms with Gasteiger partial charge in [-0.2, -0.15) is 0 Å². The van der Waals surface area contributed by atoms with Crippen LogP contribution < -0.4 is 4.74 Å². The minimum atomic E-state index is -0.527. The average Bonchev–Trinajstić information content (AvgIpc) is 2.80. The summed E-state index contributed by atoms with van der Waals surface area (Å²) in [6, 6.07) is 4.35. The number of rotatable bonds is 4. The normalized spacial score (nSPS) is 18.5. The van der Waals surface area contributed by atoms with Crippen LogP contribution >= 0.6 is 0 Å². The van der Waals surface area contributed by atoms with E-state index in [0.717, 1.165) is 25.7 Å². The molecule has 142 valence electrons. The van der Waals surface area contributed by atoms with Crippen molar-refractivity contribution in [3.8, 4) is 5.75 Å². The van der Waals surface area contributed by atoms with E-state index in [4.69, 9.17) is 4.74 Å². The second-order valence-electron chi connectivity index (χ2n) is 7.41. The molecule has 1 heterocycles. The van der Waals surface area contributed by atoms with Gasteiger partial charge in [0.2, 0.25) is 5.91 Å². The zero-order valence-corrected chi connectivity index (χ0v) is 15.5. The molecule has 1 aromatic carbocycles. The molecule has 1 saturated carbocycles. The summed E-state index contributed by atoms with van der Waals surface area (Å²) in [5.74, 6) is -0.157. The van der Waals surface area contributed by atoms with Gasteiger partial charge in [-0.15, -0.1) is 0 Å². The van der Waals surface area contributed by atoms with E-state index in [1.54, 1.807) is 11.0 Å². The predicted octanol–water partition coefficient (Wildman–Crippen LogP) is 3.09. The molecule has 1 aliphatic heterocycles. The molecule has 2 aliphatic rings. The van der Waals surface area contributed by atoms with Crippen molar-refractivity contribution in [2.45, 2.75) is 45.6 Å². The topological polar surface area (TPSA) is 49.9 Å². The van der Waals surface area contributed by atoms with Crippen LogP contribution in [0.25, 0.3) is 0 Å². The number of carbonyl (C=O) groups excluding carboxylic acids is 2. The fraction of sp³-hybridized carbons (Fsp3) is 0.600. The van der Waals surface area contributed by atoms with Crippen LogP contribution in [0.2, 0.25) is 0 Å². The quantitative estimate of drug-likeness (QED) is 0.827. The summed E-state index contributed by atoms with van der Waals surface area (Å²) in [5.41, 5.74) is 0.317. The lowest BCUT2D eigenvalue weighted by Gasteiger charge is -2.31. The van der Waals surface area contributed by atoms with E-state index >= 15 is 0 Å². The monoisotopic (exact) mass is 362 g/mol. The minimum Gasteiger partial charge on any atom is -0.488 e. The molecular weight excluding hydrogens is 335 g/mol. The summed E-state index contributed by atoms with van der Waals surface area (Å²) in [5, 5.41) is 0. The van der Waals surface area contributed by atoms with Gasteiger partial charge in [-0.25, -0.2) is 4.39 Å². The number of benzene rings is 1. The van der Waals surface area contributed by atoms with Crippen molar-refractivity contribution in [3.05, 3.63) is 29.6 Å². The SMILES string of the molecule is CC(C)Oc1ccc(C(=O)N2CCCN(C(=O)C3CCC3)CC2)cc1F. The van der Waals surface area contributed by atoms with Crippen LogP contribution in [0.5, 0.6) is 5.75 Å². The molecule has 6 heteroatoms. The van der Waals surface area contributed by atoms with Gasteiger partial charge in [0.05, 0.1) is 6.10 Å². The zero-order valence-electron chi connectivity index (χ0n) is 15.5. The van der Waals surface area contributed by atoms with E-state index in [9.17, 15) is 14.0 Å². The van der Waals surface area contributed by atoms with Gasteiger partial charge in [-0.05, 0) is 51.3 Å². The Balaban J connectivity index is 1.62. The smallest absolute Gasteiger partial charge is 0.254 e. The van der Waals surface area contributed by atoms with Gasteiger partial charge in [-0.3, -0.25) is 9.59 Å². The number of ether oxygens (including phenoxy) is 1. The van der Waals surface area contributed by atoms with Crippen LogP contribution in [-0.2, 0) is 4.79 Å². The molecule has 0 aromatic heterocycles. The summed E-state index contributed by atoms with van der Waals surface area (Å²) < 4.78 is 19.6. The summed E-state index contributed by atoms with van der Waals surface area (Å²) in [4.78, 5) is 28.7. The minimum absolute atomic E-state index is 0.129. The molecule has 0 bridgehead atoms. The predicted molar refractivity (Wildman–Crippen MR) is 96.6 cm³/mol. The van der Waals surface area contributed by atoms with Gasteiger partial charge >= 0.3 is 0 Å². The number of halogens is 1. The first-order valence-corrected chi connectivity index (χ1v) is 9.50. The molecule has 5 nitrogen and oxygen atoms in total. The van der Waals surface area contributed by atoms with Gasteiger partial charge < -0.3 is 14.5 Å². The molecular formula is C20H27FN2O3. The number of hydrogen-bond acceptors (Lipinski definition) is 3. The molecule has 1 aliphatic carbocycles. The first kappa shape index (κ1) is 18.7. The maximum atomic E-state index is 14.2. The van der Waals surface area contributed by atoms with Crippen molar-refractivity contribution in [2.24, 2.45) is 5.92 Å². The zero-order chi connectivity index (χ0) is 18.7. The molecule has 2 amide bonds. The Morgan fingerprint density at radius 3 is 2.38 bits per heavy atom. The van der Waals surface area contributed by atoms with Crippen molar-refractivity contribution in [1.82, 2.24) is 9.80 Å². The first-order chi connectivity index (χ1) is 12.5. The van der Waals surface area contributed by atoms with Crippen LogP contribution in [0.15, 0.2) is 18.2 Å². The van der Waals surface area contributed by atoms with E-state index in [2.05, 4.69) is 0 Å². The summed E-state index contributed by atoms with van der Waals surface area (Å²) in [6.07, 6.45) is 3.73. The third-order valence-electron chi connectivity index (χ3n) is 5.09. The van der Waals surface area contributed by atoms with Crippen molar-refractivity contribution in [1.29, 1.82) is 0 Å². The van der Waals surface area contributed by atoms with Gasteiger partial charge in [0.25, 0.3) is 5.91 Å². The molecule has 0 spiro atoms. The molecule has 1 saturated heterocycles. The Labute approximate surface area is 154 Å². The third kappa shape index (κ3) is 4.17.